The molecule has 1 aromatic rings. The molecule has 0 aliphatic carbocycles. The lowest BCUT2D eigenvalue weighted by Gasteiger charge is -2.33. The van der Waals surface area contributed by atoms with Crippen LogP contribution in [0, 0.1) is 5.92 Å². The summed E-state index contributed by atoms with van der Waals surface area (Å²) in [5.74, 6) is 1.37. The molecule has 4 heteroatoms. The Balaban J connectivity index is 1.86. The molecule has 1 saturated heterocycles. The summed E-state index contributed by atoms with van der Waals surface area (Å²) in [6, 6.07) is 9.46. The zero-order valence-corrected chi connectivity index (χ0v) is 11.4. The molecule has 1 fully saturated rings. The molecule has 1 aromatic carbocycles. The third-order valence-electron chi connectivity index (χ3n) is 3.66. The Morgan fingerprint density at radius 3 is 2.58 bits per heavy atom. The van der Waals surface area contributed by atoms with E-state index in [0.29, 0.717) is 5.92 Å². The molecule has 0 spiro atoms. The van der Waals surface area contributed by atoms with Crippen molar-refractivity contribution in [2.24, 2.45) is 11.7 Å². The summed E-state index contributed by atoms with van der Waals surface area (Å²) in [5.41, 5.74) is 5.66. The maximum Gasteiger partial charge on any atom is 0.263 e. The van der Waals surface area contributed by atoms with Gasteiger partial charge in [0.25, 0.3) is 5.91 Å². The molecule has 1 heterocycles. The van der Waals surface area contributed by atoms with Gasteiger partial charge in [0.2, 0.25) is 0 Å². The van der Waals surface area contributed by atoms with Crippen LogP contribution in [0.4, 0.5) is 0 Å². The lowest BCUT2D eigenvalue weighted by atomic mass is 9.97. The number of benzene rings is 1. The van der Waals surface area contributed by atoms with E-state index in [1.54, 1.807) is 0 Å². The molecule has 4 nitrogen and oxygen atoms in total. The van der Waals surface area contributed by atoms with E-state index in [2.05, 4.69) is 0 Å². The smallest absolute Gasteiger partial charge is 0.263 e. The lowest BCUT2D eigenvalue weighted by Crippen LogP contribution is -2.45. The van der Waals surface area contributed by atoms with E-state index in [1.165, 1.54) is 0 Å². The number of carbonyl (C=O) groups is 1. The zero-order valence-electron chi connectivity index (χ0n) is 11.4. The van der Waals surface area contributed by atoms with Gasteiger partial charge in [-0.15, -0.1) is 0 Å². The zero-order chi connectivity index (χ0) is 13.7. The van der Waals surface area contributed by atoms with Crippen molar-refractivity contribution in [1.29, 1.82) is 0 Å². The molecule has 1 aliphatic rings. The van der Waals surface area contributed by atoms with E-state index in [-0.39, 0.29) is 5.91 Å². The molecule has 1 amide bonds. The lowest BCUT2D eigenvalue weighted by molar-refractivity contribution is -0.139. The van der Waals surface area contributed by atoms with Crippen LogP contribution in [0.3, 0.4) is 0 Å². The Bertz CT molecular complexity index is 400. The van der Waals surface area contributed by atoms with Crippen LogP contribution < -0.4 is 10.5 Å². The summed E-state index contributed by atoms with van der Waals surface area (Å²) in [6.07, 6.45) is 1.57. The first kappa shape index (κ1) is 13.9. The van der Waals surface area contributed by atoms with Crippen molar-refractivity contribution >= 4 is 5.91 Å². The van der Waals surface area contributed by atoms with Crippen LogP contribution in [0.25, 0.3) is 0 Å². The van der Waals surface area contributed by atoms with Crippen LogP contribution >= 0.6 is 0 Å². The largest absolute Gasteiger partial charge is 0.481 e. The first-order valence-corrected chi connectivity index (χ1v) is 6.91. The Labute approximate surface area is 114 Å². The number of amides is 1. The summed E-state index contributed by atoms with van der Waals surface area (Å²) in [5, 5.41) is 0. The number of carbonyl (C=O) groups excluding carboxylic acids is 1. The number of hydrogen-bond donors (Lipinski definition) is 1. The van der Waals surface area contributed by atoms with E-state index >= 15 is 0 Å². The molecule has 2 rings (SSSR count). The predicted octanol–water partition coefficient (Wildman–Crippen LogP) is 1.65. The Kier molecular flexibility index (Phi) is 4.80. The monoisotopic (exact) mass is 262 g/mol. The molecule has 0 aromatic heterocycles. The second-order valence-corrected chi connectivity index (χ2v) is 5.08. The Morgan fingerprint density at radius 2 is 2.00 bits per heavy atom. The fourth-order valence-corrected chi connectivity index (χ4v) is 2.40. The highest BCUT2D eigenvalue weighted by Gasteiger charge is 2.26. The predicted molar refractivity (Wildman–Crippen MR) is 74.9 cm³/mol. The summed E-state index contributed by atoms with van der Waals surface area (Å²) >= 11 is 0. The third kappa shape index (κ3) is 3.70. The number of likely N-dealkylation sites (tertiary alicyclic amines) is 1. The van der Waals surface area contributed by atoms with E-state index in [1.807, 2.05) is 42.2 Å². The normalized spacial score (nSPS) is 18.1. The van der Waals surface area contributed by atoms with Crippen LogP contribution in [-0.4, -0.2) is 36.5 Å². The molecule has 104 valence electrons. The van der Waals surface area contributed by atoms with Crippen molar-refractivity contribution in [2.45, 2.75) is 25.9 Å². The van der Waals surface area contributed by atoms with Gasteiger partial charge < -0.3 is 15.4 Å². The molecule has 1 unspecified atom stereocenters. The van der Waals surface area contributed by atoms with Crippen LogP contribution in [0.15, 0.2) is 30.3 Å². The molecule has 19 heavy (non-hydrogen) atoms. The van der Waals surface area contributed by atoms with Crippen molar-refractivity contribution in [3.05, 3.63) is 30.3 Å². The van der Waals surface area contributed by atoms with Gasteiger partial charge in [-0.05, 0) is 44.4 Å². The topological polar surface area (TPSA) is 55.6 Å². The van der Waals surface area contributed by atoms with Gasteiger partial charge in [0.1, 0.15) is 5.75 Å². The maximum absolute atomic E-state index is 12.3. The van der Waals surface area contributed by atoms with E-state index in [4.69, 9.17) is 10.5 Å². The second-order valence-electron chi connectivity index (χ2n) is 5.08. The molecule has 2 N–H and O–H groups in total. The number of nitrogens with two attached hydrogens (primary N) is 1. The van der Waals surface area contributed by atoms with Crippen molar-refractivity contribution in [2.75, 3.05) is 19.6 Å². The second kappa shape index (κ2) is 6.57. The van der Waals surface area contributed by atoms with Crippen molar-refractivity contribution < 1.29 is 9.53 Å². The first-order chi connectivity index (χ1) is 9.20. The summed E-state index contributed by atoms with van der Waals surface area (Å²) in [6.45, 7) is 4.12. The quantitative estimate of drug-likeness (QED) is 0.897. The fraction of sp³-hybridized carbons (Fsp3) is 0.533. The summed E-state index contributed by atoms with van der Waals surface area (Å²) in [4.78, 5) is 14.2. The molecule has 0 saturated carbocycles. The van der Waals surface area contributed by atoms with Crippen molar-refractivity contribution in [3.63, 3.8) is 0 Å². The summed E-state index contributed by atoms with van der Waals surface area (Å²) in [7, 11) is 0. The number of piperidine rings is 1. The van der Waals surface area contributed by atoms with Gasteiger partial charge in [0.15, 0.2) is 6.10 Å². The van der Waals surface area contributed by atoms with Crippen LogP contribution in [0.2, 0.25) is 0 Å². The third-order valence-corrected chi connectivity index (χ3v) is 3.66. The number of ether oxygens (including phenoxy) is 1. The van der Waals surface area contributed by atoms with Gasteiger partial charge in [0.05, 0.1) is 0 Å². The fourth-order valence-electron chi connectivity index (χ4n) is 2.40. The molecule has 1 atom stereocenters. The van der Waals surface area contributed by atoms with Crippen LogP contribution in [0.1, 0.15) is 19.8 Å². The van der Waals surface area contributed by atoms with Crippen molar-refractivity contribution in [1.82, 2.24) is 4.90 Å². The Hall–Kier alpha value is -1.55. The highest BCUT2D eigenvalue weighted by molar-refractivity contribution is 5.81. The van der Waals surface area contributed by atoms with E-state index in [0.717, 1.165) is 38.2 Å². The number of para-hydroxylation sites is 1. The summed E-state index contributed by atoms with van der Waals surface area (Å²) < 4.78 is 5.67. The minimum Gasteiger partial charge on any atom is -0.481 e. The highest BCUT2D eigenvalue weighted by Crippen LogP contribution is 2.18. The highest BCUT2D eigenvalue weighted by atomic mass is 16.5. The van der Waals surface area contributed by atoms with Gasteiger partial charge >= 0.3 is 0 Å². The van der Waals surface area contributed by atoms with E-state index in [9.17, 15) is 4.79 Å². The van der Waals surface area contributed by atoms with Crippen LogP contribution in [0.5, 0.6) is 5.75 Å². The van der Waals surface area contributed by atoms with Crippen molar-refractivity contribution in [3.8, 4) is 5.75 Å². The van der Waals surface area contributed by atoms with Gasteiger partial charge in [-0.1, -0.05) is 18.2 Å². The Morgan fingerprint density at radius 1 is 1.37 bits per heavy atom. The molecule has 0 bridgehead atoms. The van der Waals surface area contributed by atoms with Gasteiger partial charge in [-0.25, -0.2) is 0 Å². The minimum atomic E-state index is -0.433. The standard InChI is InChI=1S/C15H22N2O2/c1-12(19-14-5-3-2-4-6-14)15(18)17-9-7-13(11-16)8-10-17/h2-6,12-13H,7-11,16H2,1H3. The minimum absolute atomic E-state index is 0.0688. The molecular weight excluding hydrogens is 240 g/mol. The molecule has 0 radical (unpaired) electrons. The van der Waals surface area contributed by atoms with E-state index < -0.39 is 6.10 Å². The first-order valence-electron chi connectivity index (χ1n) is 6.91. The van der Waals surface area contributed by atoms with Gasteiger partial charge in [-0.3, -0.25) is 4.79 Å². The van der Waals surface area contributed by atoms with Gasteiger partial charge in [-0.2, -0.15) is 0 Å². The number of nitrogens with zero attached hydrogens (tertiary/aromatic N) is 1. The van der Waals surface area contributed by atoms with Gasteiger partial charge in [0, 0.05) is 13.1 Å². The molecular formula is C15H22N2O2. The maximum atomic E-state index is 12.3. The average Bonchev–Trinajstić information content (AvgIpc) is 2.47. The number of hydrogen-bond acceptors (Lipinski definition) is 3. The number of rotatable bonds is 4. The SMILES string of the molecule is CC(Oc1ccccc1)C(=O)N1CCC(CN)CC1. The average molecular weight is 262 g/mol. The molecule has 1 aliphatic heterocycles. The van der Waals surface area contributed by atoms with Crippen LogP contribution in [-0.2, 0) is 4.79 Å².